The number of hydrogen-bond donors (Lipinski definition) is 2. The van der Waals surface area contributed by atoms with Gasteiger partial charge in [-0.25, -0.2) is 4.79 Å². The van der Waals surface area contributed by atoms with Crippen molar-refractivity contribution < 1.29 is 32.7 Å². The van der Waals surface area contributed by atoms with Crippen LogP contribution in [0.1, 0.15) is 12.0 Å². The van der Waals surface area contributed by atoms with E-state index in [1.54, 1.807) is 28.2 Å². The summed E-state index contributed by atoms with van der Waals surface area (Å²) in [6.07, 6.45) is 2.18. The number of aromatic nitrogens is 3. The van der Waals surface area contributed by atoms with Gasteiger partial charge >= 0.3 is 12.1 Å². The molecule has 2 aromatic heterocycles. The van der Waals surface area contributed by atoms with Crippen LogP contribution >= 0.6 is 0 Å². The standard InChI is InChI=1S/C16H19N5O2.C2HF3O2/c22-15-9-14(12-20(15)11-13-3-1-4-17-10-13)16(23)18-6-8-21-7-2-5-19-21;3-2(4,5)1(6)7/h1-5,7,10,14H,6,8-9,11-12H2,(H,18,23);(H,6,7). The number of pyridine rings is 1. The van der Waals surface area contributed by atoms with E-state index in [-0.39, 0.29) is 24.2 Å². The Labute approximate surface area is 169 Å². The van der Waals surface area contributed by atoms with Gasteiger partial charge in [0.2, 0.25) is 11.8 Å². The zero-order chi connectivity index (χ0) is 22.1. The molecule has 1 atom stereocenters. The number of hydrogen-bond acceptors (Lipinski definition) is 5. The van der Waals surface area contributed by atoms with Gasteiger partial charge in [-0.15, -0.1) is 0 Å². The number of likely N-dealkylation sites (tertiary alicyclic amines) is 1. The van der Waals surface area contributed by atoms with Crippen molar-refractivity contribution in [3.63, 3.8) is 0 Å². The molecule has 2 N–H and O–H groups in total. The van der Waals surface area contributed by atoms with E-state index in [0.29, 0.717) is 26.2 Å². The van der Waals surface area contributed by atoms with Crippen molar-refractivity contribution in [3.05, 3.63) is 48.5 Å². The summed E-state index contributed by atoms with van der Waals surface area (Å²) >= 11 is 0. The molecule has 0 aromatic carbocycles. The Hall–Kier alpha value is -3.44. The van der Waals surface area contributed by atoms with Gasteiger partial charge in [-0.2, -0.15) is 18.3 Å². The number of nitrogens with one attached hydrogen (secondary N) is 1. The lowest BCUT2D eigenvalue weighted by molar-refractivity contribution is -0.192. The topological polar surface area (TPSA) is 117 Å². The summed E-state index contributed by atoms with van der Waals surface area (Å²) < 4.78 is 33.5. The third kappa shape index (κ3) is 7.18. The minimum Gasteiger partial charge on any atom is -0.475 e. The monoisotopic (exact) mass is 427 g/mol. The normalized spacial score (nSPS) is 16.0. The zero-order valence-electron chi connectivity index (χ0n) is 15.7. The van der Waals surface area contributed by atoms with E-state index >= 15 is 0 Å². The second-order valence-corrected chi connectivity index (χ2v) is 6.40. The third-order valence-electron chi connectivity index (χ3n) is 4.12. The number of rotatable bonds is 6. The minimum atomic E-state index is -5.08. The van der Waals surface area contributed by atoms with E-state index in [1.165, 1.54) is 0 Å². The molecule has 0 bridgehead atoms. The first kappa shape index (κ1) is 22.8. The maximum atomic E-state index is 12.2. The molecular weight excluding hydrogens is 407 g/mol. The molecule has 0 radical (unpaired) electrons. The maximum Gasteiger partial charge on any atom is 0.490 e. The van der Waals surface area contributed by atoms with Crippen molar-refractivity contribution in [2.45, 2.75) is 25.7 Å². The fourth-order valence-corrected chi connectivity index (χ4v) is 2.68. The van der Waals surface area contributed by atoms with Crippen LogP contribution in [0.4, 0.5) is 13.2 Å². The van der Waals surface area contributed by atoms with Gasteiger partial charge in [-0.3, -0.25) is 19.3 Å². The van der Waals surface area contributed by atoms with Gasteiger partial charge in [0.25, 0.3) is 0 Å². The van der Waals surface area contributed by atoms with E-state index in [2.05, 4.69) is 15.4 Å². The zero-order valence-corrected chi connectivity index (χ0v) is 15.7. The fraction of sp³-hybridized carbons (Fsp3) is 0.389. The number of halogens is 3. The molecular formula is C18H20F3N5O4. The Morgan fingerprint density at radius 3 is 2.57 bits per heavy atom. The van der Waals surface area contributed by atoms with Gasteiger partial charge in [0.15, 0.2) is 0 Å². The third-order valence-corrected chi connectivity index (χ3v) is 4.12. The van der Waals surface area contributed by atoms with Crippen LogP contribution in [0.2, 0.25) is 0 Å². The first-order valence-electron chi connectivity index (χ1n) is 8.88. The van der Waals surface area contributed by atoms with E-state index in [0.717, 1.165) is 5.56 Å². The number of carboxylic acid groups (broad SMARTS) is 1. The van der Waals surface area contributed by atoms with Crippen molar-refractivity contribution in [3.8, 4) is 0 Å². The van der Waals surface area contributed by atoms with Crippen molar-refractivity contribution in [2.75, 3.05) is 13.1 Å². The van der Waals surface area contributed by atoms with Crippen LogP contribution in [0.15, 0.2) is 43.0 Å². The quantitative estimate of drug-likeness (QED) is 0.712. The Balaban J connectivity index is 0.000000396. The molecule has 1 saturated heterocycles. The Morgan fingerprint density at radius 1 is 1.27 bits per heavy atom. The van der Waals surface area contributed by atoms with E-state index < -0.39 is 12.1 Å². The number of aliphatic carboxylic acids is 1. The van der Waals surface area contributed by atoms with E-state index in [9.17, 15) is 22.8 Å². The maximum absolute atomic E-state index is 12.2. The van der Waals surface area contributed by atoms with Gasteiger partial charge < -0.3 is 15.3 Å². The number of carbonyl (C=O) groups excluding carboxylic acids is 2. The second kappa shape index (κ2) is 10.4. The molecule has 30 heavy (non-hydrogen) atoms. The summed E-state index contributed by atoms with van der Waals surface area (Å²) in [5.74, 6) is -3.09. The summed E-state index contributed by atoms with van der Waals surface area (Å²) in [6.45, 7) is 2.09. The summed E-state index contributed by atoms with van der Waals surface area (Å²) in [5, 5.41) is 14.1. The molecule has 1 unspecified atom stereocenters. The number of nitrogens with zero attached hydrogens (tertiary/aromatic N) is 4. The molecule has 2 amide bonds. The van der Waals surface area contributed by atoms with Gasteiger partial charge in [0.1, 0.15) is 0 Å². The summed E-state index contributed by atoms with van der Waals surface area (Å²) in [4.78, 5) is 38.9. The highest BCUT2D eigenvalue weighted by Gasteiger charge is 2.38. The molecule has 0 spiro atoms. The molecule has 1 fully saturated rings. The number of amides is 2. The lowest BCUT2D eigenvalue weighted by Gasteiger charge is -2.16. The van der Waals surface area contributed by atoms with Gasteiger partial charge in [-0.05, 0) is 17.7 Å². The predicted molar refractivity (Wildman–Crippen MR) is 96.7 cm³/mol. The average Bonchev–Trinajstić information content (AvgIpc) is 3.33. The molecule has 0 aliphatic carbocycles. The largest absolute Gasteiger partial charge is 0.490 e. The molecule has 9 nitrogen and oxygen atoms in total. The summed E-state index contributed by atoms with van der Waals surface area (Å²) in [7, 11) is 0. The first-order valence-corrected chi connectivity index (χ1v) is 8.88. The Kier molecular flexibility index (Phi) is 7.90. The summed E-state index contributed by atoms with van der Waals surface area (Å²) in [6, 6.07) is 5.61. The van der Waals surface area contributed by atoms with Crippen LogP contribution in [-0.4, -0.2) is 61.8 Å². The van der Waals surface area contributed by atoms with Crippen LogP contribution in [0.25, 0.3) is 0 Å². The molecule has 12 heteroatoms. The van der Waals surface area contributed by atoms with E-state index in [1.807, 2.05) is 24.4 Å². The fourth-order valence-electron chi connectivity index (χ4n) is 2.68. The second-order valence-electron chi connectivity index (χ2n) is 6.40. The molecule has 2 aromatic rings. The van der Waals surface area contributed by atoms with Crippen LogP contribution in [0, 0.1) is 5.92 Å². The molecule has 3 heterocycles. The van der Waals surface area contributed by atoms with Gasteiger partial charge in [0, 0.05) is 50.8 Å². The lowest BCUT2D eigenvalue weighted by atomic mass is 10.1. The van der Waals surface area contributed by atoms with Crippen LogP contribution in [0.3, 0.4) is 0 Å². The highest BCUT2D eigenvalue weighted by Crippen LogP contribution is 2.20. The van der Waals surface area contributed by atoms with Crippen molar-refractivity contribution in [2.24, 2.45) is 5.92 Å². The van der Waals surface area contributed by atoms with Crippen molar-refractivity contribution in [1.29, 1.82) is 0 Å². The van der Waals surface area contributed by atoms with Gasteiger partial charge in [0.05, 0.1) is 12.5 Å². The highest BCUT2D eigenvalue weighted by atomic mass is 19.4. The van der Waals surface area contributed by atoms with Crippen molar-refractivity contribution in [1.82, 2.24) is 25.0 Å². The molecule has 1 aliphatic heterocycles. The van der Waals surface area contributed by atoms with Crippen LogP contribution in [-0.2, 0) is 27.5 Å². The molecule has 0 saturated carbocycles. The van der Waals surface area contributed by atoms with Gasteiger partial charge in [-0.1, -0.05) is 6.07 Å². The number of carbonyl (C=O) groups is 3. The van der Waals surface area contributed by atoms with Crippen LogP contribution < -0.4 is 5.32 Å². The first-order chi connectivity index (χ1) is 14.2. The lowest BCUT2D eigenvalue weighted by Crippen LogP contribution is -2.34. The van der Waals surface area contributed by atoms with Crippen LogP contribution in [0.5, 0.6) is 0 Å². The number of carboxylic acids is 1. The smallest absolute Gasteiger partial charge is 0.475 e. The highest BCUT2D eigenvalue weighted by molar-refractivity contribution is 5.89. The Morgan fingerprint density at radius 2 is 2.00 bits per heavy atom. The SMILES string of the molecule is O=C(NCCn1cccn1)C1CC(=O)N(Cc2cccnc2)C1.O=C(O)C(F)(F)F. The van der Waals surface area contributed by atoms with E-state index in [4.69, 9.17) is 9.90 Å². The Bertz CT molecular complexity index is 843. The molecule has 1 aliphatic rings. The number of alkyl halides is 3. The minimum absolute atomic E-state index is 0.0149. The molecule has 162 valence electrons. The average molecular weight is 427 g/mol. The molecule has 3 rings (SSSR count). The summed E-state index contributed by atoms with van der Waals surface area (Å²) in [5.41, 5.74) is 0.973. The predicted octanol–water partition coefficient (Wildman–Crippen LogP) is 1.08. The van der Waals surface area contributed by atoms with Crippen molar-refractivity contribution >= 4 is 17.8 Å².